The molecule has 0 spiro atoms. The summed E-state index contributed by atoms with van der Waals surface area (Å²) in [6.45, 7) is 6.04. The Morgan fingerprint density at radius 2 is 1.97 bits per heavy atom. The van der Waals surface area contributed by atoms with Crippen LogP contribution in [0.2, 0.25) is 0 Å². The number of pyridine rings is 3. The number of hydrogen-bond donors (Lipinski definition) is 1. The number of aryl methyl sites for hydroxylation is 1. The summed E-state index contributed by atoms with van der Waals surface area (Å²) in [5.74, 6) is 0.958. The largest absolute Gasteiger partial charge is 0.378 e. The molecule has 0 bridgehead atoms. The summed E-state index contributed by atoms with van der Waals surface area (Å²) in [7, 11) is 0. The minimum Gasteiger partial charge on any atom is -0.378 e. The Bertz CT molecular complexity index is 1230. The van der Waals surface area contributed by atoms with Crippen molar-refractivity contribution >= 4 is 22.7 Å². The SMILES string of the molecule is Cc1cnc2c(ccn2Cc2ccc(NCc3ccnc(N4CCOCC4)c3)nc2F)c1. The summed E-state index contributed by atoms with van der Waals surface area (Å²) < 4.78 is 22.1. The highest BCUT2D eigenvalue weighted by molar-refractivity contribution is 5.76. The summed E-state index contributed by atoms with van der Waals surface area (Å²) in [6.07, 6.45) is 5.55. The molecule has 8 heteroatoms. The van der Waals surface area contributed by atoms with Crippen molar-refractivity contribution in [1.29, 1.82) is 0 Å². The Kier molecular flexibility index (Phi) is 5.68. The molecule has 0 aliphatic carbocycles. The minimum absolute atomic E-state index is 0.381. The van der Waals surface area contributed by atoms with Crippen molar-refractivity contribution in [1.82, 2.24) is 19.5 Å². The molecule has 1 fully saturated rings. The number of nitrogens with zero attached hydrogens (tertiary/aromatic N) is 5. The first-order valence-corrected chi connectivity index (χ1v) is 10.7. The molecule has 7 nitrogen and oxygen atoms in total. The van der Waals surface area contributed by atoms with Gasteiger partial charge in [-0.25, -0.2) is 15.0 Å². The van der Waals surface area contributed by atoms with Gasteiger partial charge in [-0.1, -0.05) is 0 Å². The molecule has 32 heavy (non-hydrogen) atoms. The maximum Gasteiger partial charge on any atom is 0.219 e. The van der Waals surface area contributed by atoms with Gasteiger partial charge in [-0.05, 0) is 54.4 Å². The van der Waals surface area contributed by atoms with Crippen molar-refractivity contribution in [3.8, 4) is 0 Å². The zero-order chi connectivity index (χ0) is 21.9. The van der Waals surface area contributed by atoms with E-state index < -0.39 is 5.95 Å². The fourth-order valence-corrected chi connectivity index (χ4v) is 3.91. The molecule has 0 atom stereocenters. The number of anilines is 2. The van der Waals surface area contributed by atoms with E-state index in [2.05, 4.69) is 37.3 Å². The highest BCUT2D eigenvalue weighted by Crippen LogP contribution is 2.19. The fourth-order valence-electron chi connectivity index (χ4n) is 3.91. The van der Waals surface area contributed by atoms with Crippen LogP contribution in [0.5, 0.6) is 0 Å². The summed E-state index contributed by atoms with van der Waals surface area (Å²) in [6, 6.07) is 11.7. The second-order valence-electron chi connectivity index (χ2n) is 7.99. The molecule has 1 aliphatic heterocycles. The first-order chi connectivity index (χ1) is 15.7. The van der Waals surface area contributed by atoms with Gasteiger partial charge in [-0.2, -0.15) is 4.39 Å². The van der Waals surface area contributed by atoms with E-state index in [1.165, 1.54) is 0 Å². The normalized spacial score (nSPS) is 14.1. The van der Waals surface area contributed by atoms with Gasteiger partial charge in [0.2, 0.25) is 5.95 Å². The molecule has 1 N–H and O–H groups in total. The van der Waals surface area contributed by atoms with Crippen LogP contribution in [0.3, 0.4) is 0 Å². The van der Waals surface area contributed by atoms with Gasteiger partial charge < -0.3 is 19.5 Å². The topological polar surface area (TPSA) is 68.1 Å². The van der Waals surface area contributed by atoms with Gasteiger partial charge in [0.15, 0.2) is 0 Å². The molecule has 5 rings (SSSR count). The van der Waals surface area contributed by atoms with Crippen molar-refractivity contribution < 1.29 is 9.13 Å². The molecule has 1 aliphatic rings. The Hall–Kier alpha value is -3.52. The molecule has 5 heterocycles. The lowest BCUT2D eigenvalue weighted by atomic mass is 10.2. The van der Waals surface area contributed by atoms with Crippen LogP contribution in [0.1, 0.15) is 16.7 Å². The molecule has 0 unspecified atom stereocenters. The van der Waals surface area contributed by atoms with Crippen LogP contribution in [0, 0.1) is 12.9 Å². The lowest BCUT2D eigenvalue weighted by Gasteiger charge is -2.28. The maximum atomic E-state index is 14.7. The Labute approximate surface area is 185 Å². The van der Waals surface area contributed by atoms with Crippen LogP contribution in [0.15, 0.2) is 55.0 Å². The van der Waals surface area contributed by atoms with E-state index in [9.17, 15) is 4.39 Å². The summed E-state index contributed by atoms with van der Waals surface area (Å²) >= 11 is 0. The second-order valence-corrected chi connectivity index (χ2v) is 7.99. The number of halogens is 1. The summed E-state index contributed by atoms with van der Waals surface area (Å²) in [5, 5.41) is 4.26. The van der Waals surface area contributed by atoms with Crippen LogP contribution in [-0.2, 0) is 17.8 Å². The van der Waals surface area contributed by atoms with E-state index in [-0.39, 0.29) is 0 Å². The molecule has 0 saturated carbocycles. The monoisotopic (exact) mass is 432 g/mol. The van der Waals surface area contributed by atoms with E-state index in [0.29, 0.717) is 37.7 Å². The smallest absolute Gasteiger partial charge is 0.219 e. The zero-order valence-electron chi connectivity index (χ0n) is 18.0. The predicted molar refractivity (Wildman–Crippen MR) is 122 cm³/mol. The molecule has 0 aromatic carbocycles. The van der Waals surface area contributed by atoms with Crippen LogP contribution in [0.4, 0.5) is 16.0 Å². The average molecular weight is 433 g/mol. The number of morpholine rings is 1. The van der Waals surface area contributed by atoms with Crippen molar-refractivity contribution in [2.75, 3.05) is 36.5 Å². The molecule has 1 saturated heterocycles. The van der Waals surface area contributed by atoms with E-state index in [1.54, 1.807) is 12.3 Å². The quantitative estimate of drug-likeness (QED) is 0.468. The molecule has 0 radical (unpaired) electrons. The van der Waals surface area contributed by atoms with Crippen molar-refractivity contribution in [2.45, 2.75) is 20.0 Å². The second kappa shape index (κ2) is 8.92. The third-order valence-corrected chi connectivity index (χ3v) is 5.62. The van der Waals surface area contributed by atoms with Crippen LogP contribution in [0.25, 0.3) is 11.0 Å². The third-order valence-electron chi connectivity index (χ3n) is 5.62. The fraction of sp³-hybridized carbons (Fsp3) is 0.292. The number of ether oxygens (including phenoxy) is 1. The summed E-state index contributed by atoms with van der Waals surface area (Å²) in [5.41, 5.74) is 3.53. The molecule has 4 aromatic heterocycles. The predicted octanol–water partition coefficient (Wildman–Crippen LogP) is 3.77. The Morgan fingerprint density at radius 1 is 1.09 bits per heavy atom. The van der Waals surface area contributed by atoms with E-state index >= 15 is 0 Å². The van der Waals surface area contributed by atoms with Gasteiger partial charge in [0, 0.05) is 49.2 Å². The van der Waals surface area contributed by atoms with E-state index in [4.69, 9.17) is 4.74 Å². The molecule has 4 aromatic rings. The lowest BCUT2D eigenvalue weighted by molar-refractivity contribution is 0.122. The zero-order valence-corrected chi connectivity index (χ0v) is 18.0. The van der Waals surface area contributed by atoms with Crippen LogP contribution >= 0.6 is 0 Å². The Balaban J connectivity index is 1.25. The molecule has 164 valence electrons. The Morgan fingerprint density at radius 3 is 2.81 bits per heavy atom. The number of aromatic nitrogens is 4. The summed E-state index contributed by atoms with van der Waals surface area (Å²) in [4.78, 5) is 15.3. The number of fused-ring (bicyclic) bond motifs is 1. The van der Waals surface area contributed by atoms with Gasteiger partial charge in [0.1, 0.15) is 17.3 Å². The van der Waals surface area contributed by atoms with Gasteiger partial charge in [0.05, 0.1) is 19.8 Å². The van der Waals surface area contributed by atoms with Gasteiger partial charge in [-0.3, -0.25) is 0 Å². The maximum absolute atomic E-state index is 14.7. The average Bonchev–Trinajstić information content (AvgIpc) is 3.21. The number of rotatable bonds is 6. The van der Waals surface area contributed by atoms with E-state index in [0.717, 1.165) is 41.1 Å². The van der Waals surface area contributed by atoms with Crippen molar-refractivity contribution in [3.63, 3.8) is 0 Å². The first-order valence-electron chi connectivity index (χ1n) is 10.7. The highest BCUT2D eigenvalue weighted by atomic mass is 19.1. The van der Waals surface area contributed by atoms with Crippen molar-refractivity contribution in [3.05, 3.63) is 77.6 Å². The minimum atomic E-state index is -0.479. The molecular weight excluding hydrogens is 407 g/mol. The number of hydrogen-bond acceptors (Lipinski definition) is 6. The van der Waals surface area contributed by atoms with E-state index in [1.807, 2.05) is 42.1 Å². The third kappa shape index (κ3) is 4.40. The lowest BCUT2D eigenvalue weighted by Crippen LogP contribution is -2.36. The van der Waals surface area contributed by atoms with Gasteiger partial charge >= 0.3 is 0 Å². The van der Waals surface area contributed by atoms with Gasteiger partial charge in [-0.15, -0.1) is 0 Å². The standard InChI is InChI=1S/C24H25FN6O/c1-17-12-19-5-7-31(24(19)28-14-17)16-20-2-3-21(29-23(20)25)27-15-18-4-6-26-22(13-18)30-8-10-32-11-9-30/h2-7,12-14H,8-11,15-16H2,1H3,(H,27,29). The van der Waals surface area contributed by atoms with Crippen LogP contribution < -0.4 is 10.2 Å². The highest BCUT2D eigenvalue weighted by Gasteiger charge is 2.13. The number of nitrogens with one attached hydrogen (secondary N) is 1. The van der Waals surface area contributed by atoms with Crippen LogP contribution in [-0.4, -0.2) is 45.8 Å². The van der Waals surface area contributed by atoms with Gasteiger partial charge in [0.25, 0.3) is 0 Å². The molecular formula is C24H25FN6O. The molecule has 0 amide bonds. The van der Waals surface area contributed by atoms with Crippen molar-refractivity contribution in [2.24, 2.45) is 0 Å². The first kappa shape index (κ1) is 20.4.